The molecule has 0 N–H and O–H groups in total. The Kier molecular flexibility index (Phi) is 58.4. The molecule has 0 aliphatic rings. The SMILES string of the molecule is CCC[Si](OC)(OC)OC.CCC[Si](OCC)(OCC)OCC.CCO[Si](C)(OCC)OCC.CCO[Si](CC)(OCC)OCC.CC[Si](OC)(OC)OC.CO[Si](C)(OC)OC. The predicted molar refractivity (Wildman–Crippen MR) is 265 cm³/mol. The molecule has 0 rings (SSSR count). The van der Waals surface area contributed by atoms with Gasteiger partial charge in [0, 0.05) is 161 Å². The molecular weight excluding hydrogens is 925 g/mol. The Bertz CT molecular complexity index is 801. The second kappa shape index (κ2) is 49.0. The molecule has 0 fully saturated rings. The molecule has 63 heavy (non-hydrogen) atoms. The van der Waals surface area contributed by atoms with E-state index in [1.54, 1.807) is 64.0 Å². The summed E-state index contributed by atoms with van der Waals surface area (Å²) in [6, 6.07) is 3.47. The molecule has 0 heterocycles. The first-order valence-electron chi connectivity index (χ1n) is 22.6. The van der Waals surface area contributed by atoms with Crippen LogP contribution < -0.4 is 0 Å². The van der Waals surface area contributed by atoms with Crippen LogP contribution in [0.25, 0.3) is 0 Å². The maximum atomic E-state index is 5.65. The van der Waals surface area contributed by atoms with Crippen molar-refractivity contribution in [2.75, 3.05) is 123 Å². The average Bonchev–Trinajstić information content (AvgIpc) is 3.28. The van der Waals surface area contributed by atoms with Crippen molar-refractivity contribution in [3.05, 3.63) is 0 Å². The Morgan fingerprint density at radius 3 is 0.587 bits per heavy atom. The third-order valence-corrected chi connectivity index (χ3v) is 25.1. The van der Waals surface area contributed by atoms with Crippen molar-refractivity contribution in [3.63, 3.8) is 0 Å². The van der Waals surface area contributed by atoms with E-state index >= 15 is 0 Å². The van der Waals surface area contributed by atoms with Gasteiger partial charge in [0.15, 0.2) is 0 Å². The fourth-order valence-electron chi connectivity index (χ4n) is 5.11. The highest BCUT2D eigenvalue weighted by Crippen LogP contribution is 2.18. The summed E-state index contributed by atoms with van der Waals surface area (Å²) >= 11 is 0. The molecule has 0 aliphatic carbocycles. The van der Waals surface area contributed by atoms with Gasteiger partial charge in [0.1, 0.15) is 0 Å². The molecule has 0 radical (unpaired) electrons. The van der Waals surface area contributed by atoms with E-state index < -0.39 is 52.8 Å². The summed E-state index contributed by atoms with van der Waals surface area (Å²) in [6.07, 6.45) is 2.08. The average molecular weight is 1030 g/mol. The summed E-state index contributed by atoms with van der Waals surface area (Å²) in [5.41, 5.74) is 0. The molecule has 24 heteroatoms. The summed E-state index contributed by atoms with van der Waals surface area (Å²) < 4.78 is 95.4. The van der Waals surface area contributed by atoms with Gasteiger partial charge in [-0.05, 0) is 62.3 Å². The van der Waals surface area contributed by atoms with Gasteiger partial charge in [-0.15, -0.1) is 0 Å². The molecule has 0 unspecified atom stereocenters. The van der Waals surface area contributed by atoms with Gasteiger partial charge in [-0.2, -0.15) is 0 Å². The molecule has 0 saturated heterocycles. The molecule has 0 aromatic rings. The molecule has 0 saturated carbocycles. The number of hydrogen-bond donors (Lipinski definition) is 0. The van der Waals surface area contributed by atoms with Gasteiger partial charge in [-0.3, -0.25) is 0 Å². The van der Waals surface area contributed by atoms with Crippen molar-refractivity contribution in [1.29, 1.82) is 0 Å². The van der Waals surface area contributed by atoms with Crippen LogP contribution in [0.4, 0.5) is 0 Å². The van der Waals surface area contributed by atoms with Crippen LogP contribution >= 0.6 is 0 Å². The lowest BCUT2D eigenvalue weighted by molar-refractivity contribution is 0.0708. The van der Waals surface area contributed by atoms with Crippen LogP contribution in [-0.2, 0) is 79.7 Å². The smallest absolute Gasteiger partial charge is 0.377 e. The Balaban J connectivity index is -0.000000156. The minimum Gasteiger partial charge on any atom is -0.377 e. The maximum Gasteiger partial charge on any atom is 0.500 e. The fourth-order valence-corrected chi connectivity index (χ4v) is 15.3. The van der Waals surface area contributed by atoms with Crippen LogP contribution in [0.15, 0.2) is 0 Å². The molecule has 390 valence electrons. The van der Waals surface area contributed by atoms with Gasteiger partial charge in [0.05, 0.1) is 0 Å². The van der Waals surface area contributed by atoms with Crippen molar-refractivity contribution in [2.45, 2.75) is 140 Å². The predicted octanol–water partition coefficient (Wildman–Crippen LogP) is 8.82. The first-order chi connectivity index (χ1) is 29.8. The van der Waals surface area contributed by atoms with Gasteiger partial charge in [-0.1, -0.05) is 40.5 Å². The molecule has 18 nitrogen and oxygen atoms in total. The standard InChI is InChI=1S/C9H22O3Si.C8H20O3Si.C7H18O3Si.C6H16O3Si.C5H14O3Si.C4H12O3Si/c1-5-9-13(10-6-2,11-7-3)12-8-4;1-5-9-12(8-4,10-6-2)11-7-3;1-5-8-11(4,9-6-2)10-7-3;1-5-6-10(7-2,8-3)9-4;1-5-9(6-2,7-3)8-4;1-5-8(4,6-2)7-3/h5-9H2,1-4H3;5-8H2,1-4H3;5-7H2,1-4H3;5-6H2,1-4H3;5H2,1-4H3;1-4H3. The van der Waals surface area contributed by atoms with E-state index in [0.717, 1.165) is 37.0 Å². The van der Waals surface area contributed by atoms with E-state index in [0.29, 0.717) is 59.5 Å². The van der Waals surface area contributed by atoms with Crippen LogP contribution in [0.5, 0.6) is 0 Å². The molecule has 0 aromatic heterocycles. The van der Waals surface area contributed by atoms with E-state index in [2.05, 4.69) is 13.8 Å². The van der Waals surface area contributed by atoms with Gasteiger partial charge in [-0.25, -0.2) is 0 Å². The van der Waals surface area contributed by atoms with Crippen molar-refractivity contribution in [2.24, 2.45) is 0 Å². The first kappa shape index (κ1) is 75.1. The fraction of sp³-hybridized carbons (Fsp3) is 1.00. The number of rotatable bonds is 33. The van der Waals surface area contributed by atoms with Crippen molar-refractivity contribution in [1.82, 2.24) is 0 Å². The zero-order chi connectivity index (χ0) is 50.3. The highest BCUT2D eigenvalue weighted by molar-refractivity contribution is 6.62. The second-order valence-electron chi connectivity index (χ2n) is 12.4. The maximum absolute atomic E-state index is 5.65. The lowest BCUT2D eigenvalue weighted by atomic mass is 10.6. The second-order valence-corrected chi connectivity index (χ2v) is 30.0. The van der Waals surface area contributed by atoms with E-state index in [4.69, 9.17) is 79.7 Å². The third kappa shape index (κ3) is 38.2. The summed E-state index contributed by atoms with van der Waals surface area (Å²) in [5, 5.41) is 0. The minimum atomic E-state index is -2.30. The molecule has 0 spiro atoms. The summed E-state index contributed by atoms with van der Waals surface area (Å²) in [4.78, 5) is 0. The summed E-state index contributed by atoms with van der Waals surface area (Å²) in [7, 11) is 1.10. The van der Waals surface area contributed by atoms with Crippen LogP contribution in [0.1, 0.15) is 103 Å². The van der Waals surface area contributed by atoms with Crippen LogP contribution in [0.2, 0.25) is 37.3 Å². The van der Waals surface area contributed by atoms with E-state index in [1.165, 1.54) is 0 Å². The van der Waals surface area contributed by atoms with Crippen molar-refractivity contribution < 1.29 is 79.7 Å². The topological polar surface area (TPSA) is 166 Å². The third-order valence-electron chi connectivity index (χ3n) is 8.36. The largest absolute Gasteiger partial charge is 0.500 e. The normalized spacial score (nSPS) is 12.0. The molecule has 0 aliphatic heterocycles. The van der Waals surface area contributed by atoms with Crippen LogP contribution in [0, 0.1) is 0 Å². The Morgan fingerprint density at radius 2 is 0.460 bits per heavy atom. The highest BCUT2D eigenvalue weighted by atomic mass is 28.4. The zero-order valence-corrected chi connectivity index (χ0v) is 51.0. The van der Waals surface area contributed by atoms with Crippen LogP contribution in [0.3, 0.4) is 0 Å². The van der Waals surface area contributed by atoms with Gasteiger partial charge in [0.2, 0.25) is 0 Å². The van der Waals surface area contributed by atoms with Gasteiger partial charge < -0.3 is 79.7 Å². The van der Waals surface area contributed by atoms with E-state index in [-0.39, 0.29) is 0 Å². The monoisotopic (exact) mass is 1030 g/mol. The molecule has 0 bridgehead atoms. The van der Waals surface area contributed by atoms with Crippen LogP contribution in [-0.4, -0.2) is 176 Å². The van der Waals surface area contributed by atoms with E-state index in [1.807, 2.05) is 89.3 Å². The Labute approximate surface area is 394 Å². The van der Waals surface area contributed by atoms with Gasteiger partial charge in [0.25, 0.3) is 0 Å². The summed E-state index contributed by atoms with van der Waals surface area (Å²) in [6.45, 7) is 35.7. The quantitative estimate of drug-likeness (QED) is 0.0572. The molecule has 0 amide bonds. The van der Waals surface area contributed by atoms with Crippen molar-refractivity contribution >= 4 is 52.8 Å². The Morgan fingerprint density at radius 1 is 0.238 bits per heavy atom. The minimum absolute atomic E-state index is 0.655. The van der Waals surface area contributed by atoms with E-state index in [9.17, 15) is 0 Å². The summed E-state index contributed by atoms with van der Waals surface area (Å²) in [5.74, 6) is 0. The lowest BCUT2D eigenvalue weighted by Crippen LogP contribution is -2.45. The first-order valence-corrected chi connectivity index (χ1v) is 34.7. The highest BCUT2D eigenvalue weighted by Gasteiger charge is 2.40. The Hall–Kier alpha value is 0.581. The molecule has 0 atom stereocenters. The number of hydrogen-bond acceptors (Lipinski definition) is 18. The zero-order valence-electron chi connectivity index (χ0n) is 45.0. The van der Waals surface area contributed by atoms with Gasteiger partial charge >= 0.3 is 52.8 Å². The lowest BCUT2D eigenvalue weighted by Gasteiger charge is -2.27. The van der Waals surface area contributed by atoms with Crippen molar-refractivity contribution in [3.8, 4) is 0 Å². The molecular formula is C39H102O18Si6. The molecule has 0 aromatic carbocycles.